The molecule has 2 aromatic carbocycles. The molecule has 1 heterocycles. The summed E-state index contributed by atoms with van der Waals surface area (Å²) in [5, 5.41) is 10.1. The van der Waals surface area contributed by atoms with Crippen molar-refractivity contribution in [1.82, 2.24) is 4.68 Å². The summed E-state index contributed by atoms with van der Waals surface area (Å²) in [5.41, 5.74) is 5.54. The number of aryl methyl sites for hydroxylation is 1. The molecular weight excluding hydrogens is 387 g/mol. The van der Waals surface area contributed by atoms with Gasteiger partial charge in [-0.15, -0.1) is 0 Å². The summed E-state index contributed by atoms with van der Waals surface area (Å²) in [7, 11) is 0. The Morgan fingerprint density at radius 3 is 2.07 bits per heavy atom. The van der Waals surface area contributed by atoms with E-state index in [0.717, 1.165) is 11.3 Å². The fraction of sp³-hybridized carbons (Fsp3) is 0.100. The van der Waals surface area contributed by atoms with Crippen molar-refractivity contribution in [2.45, 2.75) is 12.8 Å². The number of aromatic nitrogens is 1. The van der Waals surface area contributed by atoms with Gasteiger partial charge in [0.25, 0.3) is 5.91 Å². The first kappa shape index (κ1) is 19.0. The molecule has 0 aliphatic rings. The normalized spacial score (nSPS) is 10.6. The SMILES string of the molecule is O=C(O)CCc1ccc(-c2ccc(Cl)cc2)n1NC(=O)c1ccc(Cl)cc1. The highest BCUT2D eigenvalue weighted by Crippen LogP contribution is 2.24. The third-order valence-electron chi connectivity index (χ3n) is 4.02. The van der Waals surface area contributed by atoms with Crippen molar-refractivity contribution in [1.29, 1.82) is 0 Å². The van der Waals surface area contributed by atoms with Crippen molar-refractivity contribution in [2.75, 3.05) is 5.43 Å². The Morgan fingerprint density at radius 1 is 0.889 bits per heavy atom. The van der Waals surface area contributed by atoms with Crippen LogP contribution in [0.25, 0.3) is 11.3 Å². The molecule has 0 bridgehead atoms. The minimum Gasteiger partial charge on any atom is -0.481 e. The Bertz CT molecular complexity index is 964. The lowest BCUT2D eigenvalue weighted by atomic mass is 10.1. The van der Waals surface area contributed by atoms with Gasteiger partial charge in [0.05, 0.1) is 12.1 Å². The van der Waals surface area contributed by atoms with Crippen LogP contribution >= 0.6 is 23.2 Å². The lowest BCUT2D eigenvalue weighted by molar-refractivity contribution is -0.136. The Morgan fingerprint density at radius 2 is 1.48 bits per heavy atom. The highest BCUT2D eigenvalue weighted by Gasteiger charge is 2.15. The van der Waals surface area contributed by atoms with Gasteiger partial charge in [-0.05, 0) is 48.5 Å². The van der Waals surface area contributed by atoms with Crippen LogP contribution in [-0.2, 0) is 11.2 Å². The number of hydrogen-bond acceptors (Lipinski definition) is 2. The number of aliphatic carboxylic acids is 1. The van der Waals surface area contributed by atoms with Gasteiger partial charge in [0.15, 0.2) is 0 Å². The second-order valence-corrected chi connectivity index (χ2v) is 6.77. The van der Waals surface area contributed by atoms with E-state index in [9.17, 15) is 9.59 Å². The molecule has 0 spiro atoms. The molecule has 3 aromatic rings. The number of amides is 1. The molecule has 0 fully saturated rings. The maximum absolute atomic E-state index is 12.6. The number of nitrogens with one attached hydrogen (secondary N) is 1. The average Bonchev–Trinajstić information content (AvgIpc) is 3.03. The molecule has 0 aliphatic carbocycles. The molecule has 1 amide bonds. The summed E-state index contributed by atoms with van der Waals surface area (Å²) in [6.07, 6.45) is 0.241. The van der Waals surface area contributed by atoms with E-state index in [4.69, 9.17) is 28.3 Å². The second kappa shape index (κ2) is 8.29. The second-order valence-electron chi connectivity index (χ2n) is 5.89. The smallest absolute Gasteiger partial charge is 0.303 e. The molecule has 0 saturated heterocycles. The number of nitrogens with zero attached hydrogens (tertiary/aromatic N) is 1. The van der Waals surface area contributed by atoms with E-state index in [2.05, 4.69) is 5.43 Å². The molecule has 5 nitrogen and oxygen atoms in total. The lowest BCUT2D eigenvalue weighted by Gasteiger charge is -2.15. The summed E-state index contributed by atoms with van der Waals surface area (Å²) < 4.78 is 1.61. The molecule has 2 N–H and O–H groups in total. The van der Waals surface area contributed by atoms with Crippen LogP contribution in [0.15, 0.2) is 60.7 Å². The summed E-state index contributed by atoms with van der Waals surface area (Å²) in [5.74, 6) is -1.23. The Labute approximate surface area is 166 Å². The van der Waals surface area contributed by atoms with E-state index in [1.165, 1.54) is 0 Å². The van der Waals surface area contributed by atoms with E-state index in [0.29, 0.717) is 21.3 Å². The van der Waals surface area contributed by atoms with Crippen molar-refractivity contribution in [3.05, 3.63) is 82.0 Å². The Balaban J connectivity index is 1.95. The van der Waals surface area contributed by atoms with E-state index < -0.39 is 5.97 Å². The predicted octanol–water partition coefficient (Wildman–Crippen LogP) is 4.86. The van der Waals surface area contributed by atoms with E-state index >= 15 is 0 Å². The number of hydrogen-bond donors (Lipinski definition) is 2. The molecule has 0 aliphatic heterocycles. The first-order valence-corrected chi connectivity index (χ1v) is 8.95. The van der Waals surface area contributed by atoms with Crippen LogP contribution in [0.5, 0.6) is 0 Å². The van der Waals surface area contributed by atoms with Crippen molar-refractivity contribution < 1.29 is 14.7 Å². The minimum absolute atomic E-state index is 0.0408. The highest BCUT2D eigenvalue weighted by molar-refractivity contribution is 6.31. The van der Waals surface area contributed by atoms with Crippen LogP contribution < -0.4 is 5.43 Å². The van der Waals surface area contributed by atoms with Gasteiger partial charge < -0.3 is 5.11 Å². The molecule has 138 valence electrons. The van der Waals surface area contributed by atoms with Gasteiger partial charge in [-0.3, -0.25) is 19.7 Å². The molecule has 3 rings (SSSR count). The van der Waals surface area contributed by atoms with Gasteiger partial charge >= 0.3 is 5.97 Å². The standard InChI is InChI=1S/C20H16Cl2N2O3/c21-15-5-1-13(2-6-15)18-11-9-17(10-12-19(25)26)24(18)23-20(27)14-3-7-16(22)8-4-14/h1-9,11H,10,12H2,(H,23,27)(H,25,26). The predicted molar refractivity (Wildman–Crippen MR) is 106 cm³/mol. The largest absolute Gasteiger partial charge is 0.481 e. The van der Waals surface area contributed by atoms with Crippen LogP contribution in [0.3, 0.4) is 0 Å². The quantitative estimate of drug-likeness (QED) is 0.617. The maximum atomic E-state index is 12.6. The summed E-state index contributed by atoms with van der Waals surface area (Å²) in [6, 6.07) is 17.3. The van der Waals surface area contributed by atoms with Crippen molar-refractivity contribution >= 4 is 35.1 Å². The van der Waals surface area contributed by atoms with E-state index in [1.807, 2.05) is 18.2 Å². The molecular formula is C20H16Cl2N2O3. The monoisotopic (exact) mass is 402 g/mol. The number of halogens is 2. The number of carbonyl (C=O) groups is 2. The van der Waals surface area contributed by atoms with Gasteiger partial charge in [-0.25, -0.2) is 0 Å². The Hall–Kier alpha value is -2.76. The van der Waals surface area contributed by atoms with Crippen molar-refractivity contribution in [3.63, 3.8) is 0 Å². The fourth-order valence-corrected chi connectivity index (χ4v) is 2.91. The number of carboxylic acids is 1. The summed E-state index contributed by atoms with van der Waals surface area (Å²) in [4.78, 5) is 23.6. The zero-order valence-corrected chi connectivity index (χ0v) is 15.7. The number of rotatable bonds is 6. The van der Waals surface area contributed by atoms with Crippen LogP contribution in [0.4, 0.5) is 0 Å². The van der Waals surface area contributed by atoms with Gasteiger partial charge in [0.1, 0.15) is 0 Å². The topological polar surface area (TPSA) is 71.3 Å². The molecule has 7 heteroatoms. The minimum atomic E-state index is -0.903. The number of benzene rings is 2. The van der Waals surface area contributed by atoms with Crippen molar-refractivity contribution in [3.8, 4) is 11.3 Å². The number of carboxylic acid groups (broad SMARTS) is 1. The lowest BCUT2D eigenvalue weighted by Crippen LogP contribution is -2.25. The third kappa shape index (κ3) is 4.70. The van der Waals surface area contributed by atoms with Crippen LogP contribution in [0, 0.1) is 0 Å². The van der Waals surface area contributed by atoms with Crippen molar-refractivity contribution in [2.24, 2.45) is 0 Å². The molecule has 0 radical (unpaired) electrons. The number of carbonyl (C=O) groups excluding carboxylic acids is 1. The van der Waals surface area contributed by atoms with Crippen LogP contribution in [-0.4, -0.2) is 21.7 Å². The summed E-state index contributed by atoms with van der Waals surface area (Å²) in [6.45, 7) is 0. The fourth-order valence-electron chi connectivity index (χ4n) is 2.65. The summed E-state index contributed by atoms with van der Waals surface area (Å²) >= 11 is 11.8. The van der Waals surface area contributed by atoms with Gasteiger partial charge in [0.2, 0.25) is 0 Å². The maximum Gasteiger partial charge on any atom is 0.303 e. The first-order chi connectivity index (χ1) is 12.9. The first-order valence-electron chi connectivity index (χ1n) is 8.19. The third-order valence-corrected chi connectivity index (χ3v) is 4.52. The van der Waals surface area contributed by atoms with E-state index in [-0.39, 0.29) is 18.7 Å². The van der Waals surface area contributed by atoms with E-state index in [1.54, 1.807) is 47.1 Å². The zero-order valence-electron chi connectivity index (χ0n) is 14.2. The molecule has 0 atom stereocenters. The zero-order chi connectivity index (χ0) is 19.4. The van der Waals surface area contributed by atoms with Gasteiger partial charge in [0, 0.05) is 33.3 Å². The average molecular weight is 403 g/mol. The highest BCUT2D eigenvalue weighted by atomic mass is 35.5. The van der Waals surface area contributed by atoms with Gasteiger partial charge in [-0.1, -0.05) is 35.3 Å². The molecule has 27 heavy (non-hydrogen) atoms. The molecule has 1 aromatic heterocycles. The van der Waals surface area contributed by atoms with Gasteiger partial charge in [-0.2, -0.15) is 0 Å². The molecule has 0 saturated carbocycles. The Kier molecular flexibility index (Phi) is 5.84. The molecule has 0 unspecified atom stereocenters. The van der Waals surface area contributed by atoms with Crippen LogP contribution in [0.2, 0.25) is 10.0 Å². The van der Waals surface area contributed by atoms with Crippen LogP contribution in [0.1, 0.15) is 22.5 Å².